The van der Waals surface area contributed by atoms with Crippen molar-refractivity contribution in [2.45, 2.75) is 18.5 Å². The van der Waals surface area contributed by atoms with Crippen LogP contribution in [0.15, 0.2) is 23.4 Å². The average Bonchev–Trinajstić information content (AvgIpc) is 2.72. The molecular formula is C9H12N6O2S. The van der Waals surface area contributed by atoms with Gasteiger partial charge >= 0.3 is 0 Å². The summed E-state index contributed by atoms with van der Waals surface area (Å²) in [7, 11) is -3.81. The topological polar surface area (TPSA) is 127 Å². The van der Waals surface area contributed by atoms with Gasteiger partial charge in [0.25, 0.3) is 10.0 Å². The third-order valence-electron chi connectivity index (χ3n) is 2.31. The zero-order chi connectivity index (χ0) is 13.2. The molecule has 18 heavy (non-hydrogen) atoms. The zero-order valence-electron chi connectivity index (χ0n) is 9.58. The number of sulfonamides is 1. The number of nitrogens with zero attached hydrogens (tertiary/aromatic N) is 3. The summed E-state index contributed by atoms with van der Waals surface area (Å²) < 4.78 is 26.4. The number of hydrogen-bond acceptors (Lipinski definition) is 6. The molecule has 2 rings (SSSR count). The van der Waals surface area contributed by atoms with Crippen molar-refractivity contribution in [3.8, 4) is 0 Å². The van der Waals surface area contributed by atoms with Crippen LogP contribution in [0.4, 0.5) is 5.82 Å². The highest BCUT2D eigenvalue weighted by molar-refractivity contribution is 7.92. The van der Waals surface area contributed by atoms with Gasteiger partial charge in [-0.2, -0.15) is 18.6 Å². The first-order valence-electron chi connectivity index (χ1n) is 5.09. The van der Waals surface area contributed by atoms with E-state index in [0.29, 0.717) is 11.3 Å². The lowest BCUT2D eigenvalue weighted by atomic mass is 10.3. The van der Waals surface area contributed by atoms with Crippen LogP contribution in [0.5, 0.6) is 0 Å². The molecule has 96 valence electrons. The first-order chi connectivity index (χ1) is 8.54. The van der Waals surface area contributed by atoms with Crippen molar-refractivity contribution in [3.63, 3.8) is 0 Å². The van der Waals surface area contributed by atoms with Gasteiger partial charge in [0, 0.05) is 24.0 Å². The normalized spacial score (nSPS) is 11.4. The summed E-state index contributed by atoms with van der Waals surface area (Å²) >= 11 is 0. The lowest BCUT2D eigenvalue weighted by Crippen LogP contribution is -2.17. The van der Waals surface area contributed by atoms with Crippen LogP contribution in [0, 0.1) is 6.92 Å². The number of aromatic nitrogens is 4. The molecule has 0 aliphatic heterocycles. The minimum absolute atomic E-state index is 0.0824. The molecule has 0 bridgehead atoms. The van der Waals surface area contributed by atoms with E-state index < -0.39 is 10.0 Å². The summed E-state index contributed by atoms with van der Waals surface area (Å²) in [4.78, 5) is 0. The maximum Gasteiger partial charge on any atom is 0.282 e. The monoisotopic (exact) mass is 268 g/mol. The first-order valence-corrected chi connectivity index (χ1v) is 6.57. The number of aromatic amines is 1. The Kier molecular flexibility index (Phi) is 3.26. The first kappa shape index (κ1) is 12.5. The van der Waals surface area contributed by atoms with E-state index in [4.69, 9.17) is 5.73 Å². The number of H-pyrrole nitrogens is 1. The number of nitrogens with one attached hydrogen (secondary N) is 2. The minimum atomic E-state index is -3.81. The van der Waals surface area contributed by atoms with Crippen LogP contribution in [0.25, 0.3) is 0 Å². The highest BCUT2D eigenvalue weighted by Gasteiger charge is 2.23. The van der Waals surface area contributed by atoms with E-state index in [1.165, 1.54) is 12.3 Å². The van der Waals surface area contributed by atoms with Crippen LogP contribution in [-0.4, -0.2) is 28.8 Å². The van der Waals surface area contributed by atoms with E-state index in [0.717, 1.165) is 0 Å². The van der Waals surface area contributed by atoms with Gasteiger partial charge in [-0.3, -0.25) is 9.82 Å². The lowest BCUT2D eigenvalue weighted by molar-refractivity contribution is 0.595. The molecule has 0 unspecified atom stereocenters. The van der Waals surface area contributed by atoms with E-state index in [1.54, 1.807) is 13.0 Å². The van der Waals surface area contributed by atoms with Crippen molar-refractivity contribution in [3.05, 3.63) is 29.6 Å². The molecule has 2 aromatic heterocycles. The van der Waals surface area contributed by atoms with Gasteiger partial charge in [-0.1, -0.05) is 0 Å². The highest BCUT2D eigenvalue weighted by Crippen LogP contribution is 2.17. The van der Waals surface area contributed by atoms with Crippen molar-refractivity contribution in [1.29, 1.82) is 0 Å². The van der Waals surface area contributed by atoms with Gasteiger partial charge in [0.1, 0.15) is 0 Å². The fourth-order valence-electron chi connectivity index (χ4n) is 1.43. The van der Waals surface area contributed by atoms with Crippen LogP contribution in [-0.2, 0) is 16.6 Å². The predicted octanol–water partition coefficient (Wildman–Crippen LogP) is -0.232. The number of nitrogens with two attached hydrogens (primary N) is 1. The Hall–Kier alpha value is -2.00. The molecular weight excluding hydrogens is 256 g/mol. The molecule has 0 aromatic carbocycles. The van der Waals surface area contributed by atoms with E-state index in [2.05, 4.69) is 25.1 Å². The average molecular weight is 268 g/mol. The fraction of sp³-hybridized carbons (Fsp3) is 0.222. The van der Waals surface area contributed by atoms with E-state index >= 15 is 0 Å². The van der Waals surface area contributed by atoms with Gasteiger partial charge in [0.05, 0.1) is 0 Å². The number of hydrogen-bond donors (Lipinski definition) is 3. The van der Waals surface area contributed by atoms with Gasteiger partial charge in [0.15, 0.2) is 5.82 Å². The second-order valence-electron chi connectivity index (χ2n) is 3.55. The van der Waals surface area contributed by atoms with Crippen LogP contribution in [0.2, 0.25) is 0 Å². The van der Waals surface area contributed by atoms with Crippen molar-refractivity contribution >= 4 is 15.8 Å². The molecule has 0 amide bonds. The lowest BCUT2D eigenvalue weighted by Gasteiger charge is -2.05. The summed E-state index contributed by atoms with van der Waals surface area (Å²) in [6.45, 7) is 1.79. The van der Waals surface area contributed by atoms with Gasteiger partial charge in [-0.15, -0.1) is 5.10 Å². The summed E-state index contributed by atoms with van der Waals surface area (Å²) in [6.07, 6.45) is 1.45. The van der Waals surface area contributed by atoms with Crippen molar-refractivity contribution in [2.75, 3.05) is 4.72 Å². The third-order valence-corrected chi connectivity index (χ3v) is 3.63. The fourth-order valence-corrected chi connectivity index (χ4v) is 2.64. The minimum Gasteiger partial charge on any atom is -0.326 e. The largest absolute Gasteiger partial charge is 0.326 e. The molecule has 0 radical (unpaired) electrons. The second-order valence-corrected chi connectivity index (χ2v) is 5.15. The maximum atomic E-state index is 12.1. The number of anilines is 1. The predicted molar refractivity (Wildman–Crippen MR) is 64.1 cm³/mol. The molecule has 0 saturated carbocycles. The van der Waals surface area contributed by atoms with E-state index in [1.807, 2.05) is 0 Å². The molecule has 0 aliphatic carbocycles. The molecule has 0 atom stereocenters. The second kappa shape index (κ2) is 4.70. The Balaban J connectivity index is 2.37. The highest BCUT2D eigenvalue weighted by atomic mass is 32.2. The Morgan fingerprint density at radius 2 is 2.28 bits per heavy atom. The van der Waals surface area contributed by atoms with Gasteiger partial charge in [-0.25, -0.2) is 0 Å². The third kappa shape index (κ3) is 2.31. The van der Waals surface area contributed by atoms with E-state index in [-0.39, 0.29) is 17.4 Å². The van der Waals surface area contributed by atoms with Crippen molar-refractivity contribution < 1.29 is 8.42 Å². The zero-order valence-corrected chi connectivity index (χ0v) is 10.4. The SMILES string of the molecule is Cc1[nH]nc(S(=O)(=O)Nc2cccnn2)c1CN. The molecule has 4 N–H and O–H groups in total. The summed E-state index contributed by atoms with van der Waals surface area (Å²) in [5.74, 6) is 0.126. The molecule has 9 heteroatoms. The summed E-state index contributed by atoms with van der Waals surface area (Å²) in [5.41, 5.74) is 6.58. The summed E-state index contributed by atoms with van der Waals surface area (Å²) in [5, 5.41) is 13.5. The van der Waals surface area contributed by atoms with E-state index in [9.17, 15) is 8.42 Å². The van der Waals surface area contributed by atoms with Crippen molar-refractivity contribution in [1.82, 2.24) is 20.4 Å². The Morgan fingerprint density at radius 3 is 2.89 bits per heavy atom. The number of aryl methyl sites for hydroxylation is 1. The maximum absolute atomic E-state index is 12.1. The standard InChI is InChI=1S/C9H12N6O2S/c1-6-7(5-10)9(14-12-6)18(16,17)15-8-3-2-4-11-13-8/h2-4H,5,10H2,1H3,(H,12,14)(H,13,15). The van der Waals surface area contributed by atoms with Crippen LogP contribution in [0.3, 0.4) is 0 Å². The molecule has 0 spiro atoms. The molecule has 2 aromatic rings. The Bertz CT molecular complexity index is 636. The van der Waals surface area contributed by atoms with Crippen molar-refractivity contribution in [2.24, 2.45) is 5.73 Å². The van der Waals surface area contributed by atoms with Crippen LogP contribution >= 0.6 is 0 Å². The van der Waals surface area contributed by atoms with Gasteiger partial charge < -0.3 is 5.73 Å². The molecule has 2 heterocycles. The van der Waals surface area contributed by atoms with Gasteiger partial charge in [-0.05, 0) is 19.1 Å². The Labute approximate surface area is 104 Å². The van der Waals surface area contributed by atoms with Crippen LogP contribution < -0.4 is 10.5 Å². The molecule has 0 aliphatic rings. The molecule has 0 saturated heterocycles. The Morgan fingerprint density at radius 1 is 1.50 bits per heavy atom. The smallest absolute Gasteiger partial charge is 0.282 e. The number of rotatable bonds is 4. The molecule has 8 nitrogen and oxygen atoms in total. The summed E-state index contributed by atoms with van der Waals surface area (Å²) in [6, 6.07) is 3.07. The van der Waals surface area contributed by atoms with Gasteiger partial charge in [0.2, 0.25) is 5.03 Å². The van der Waals surface area contributed by atoms with Crippen LogP contribution in [0.1, 0.15) is 11.3 Å². The quantitative estimate of drug-likeness (QED) is 0.702. The molecule has 0 fully saturated rings.